The van der Waals surface area contributed by atoms with Crippen LogP contribution in [0.25, 0.3) is 0 Å². The van der Waals surface area contributed by atoms with Crippen molar-refractivity contribution in [2.24, 2.45) is 5.92 Å². The van der Waals surface area contributed by atoms with E-state index in [1.54, 1.807) is 7.11 Å². The third-order valence-corrected chi connectivity index (χ3v) is 3.22. The first-order chi connectivity index (χ1) is 10.4. The van der Waals surface area contributed by atoms with E-state index < -0.39 is 0 Å². The van der Waals surface area contributed by atoms with Crippen LogP contribution in [0, 0.1) is 5.92 Å². The SMILES string of the molecule is COCCOCCOCc1cccc(COCC2CC2)n1. The summed E-state index contributed by atoms with van der Waals surface area (Å²) in [4.78, 5) is 4.53. The second-order valence-corrected chi connectivity index (χ2v) is 5.24. The number of aromatic nitrogens is 1. The Bertz CT molecular complexity index is 396. The molecule has 0 unspecified atom stereocenters. The fraction of sp³-hybridized carbons (Fsp3) is 0.688. The average molecular weight is 295 g/mol. The molecule has 1 heterocycles. The Labute approximate surface area is 126 Å². The van der Waals surface area contributed by atoms with Gasteiger partial charge in [0, 0.05) is 13.7 Å². The minimum Gasteiger partial charge on any atom is -0.382 e. The van der Waals surface area contributed by atoms with E-state index in [0.29, 0.717) is 39.6 Å². The Morgan fingerprint density at radius 3 is 2.33 bits per heavy atom. The highest BCUT2D eigenvalue weighted by molar-refractivity contribution is 5.10. The third-order valence-electron chi connectivity index (χ3n) is 3.22. The Morgan fingerprint density at radius 1 is 0.952 bits per heavy atom. The Balaban J connectivity index is 1.56. The minimum atomic E-state index is 0.504. The summed E-state index contributed by atoms with van der Waals surface area (Å²) in [5, 5.41) is 0. The highest BCUT2D eigenvalue weighted by atomic mass is 16.5. The van der Waals surface area contributed by atoms with Crippen LogP contribution in [0.3, 0.4) is 0 Å². The molecule has 0 N–H and O–H groups in total. The van der Waals surface area contributed by atoms with Gasteiger partial charge in [-0.15, -0.1) is 0 Å². The van der Waals surface area contributed by atoms with Gasteiger partial charge in [0.25, 0.3) is 0 Å². The van der Waals surface area contributed by atoms with E-state index in [4.69, 9.17) is 18.9 Å². The van der Waals surface area contributed by atoms with Gasteiger partial charge in [0.15, 0.2) is 0 Å². The molecule has 0 amide bonds. The van der Waals surface area contributed by atoms with Crippen molar-refractivity contribution in [2.45, 2.75) is 26.1 Å². The van der Waals surface area contributed by atoms with Crippen molar-refractivity contribution in [1.29, 1.82) is 0 Å². The highest BCUT2D eigenvalue weighted by Crippen LogP contribution is 2.28. The van der Waals surface area contributed by atoms with E-state index in [2.05, 4.69) is 4.98 Å². The lowest BCUT2D eigenvalue weighted by Crippen LogP contribution is -2.09. The fourth-order valence-electron chi connectivity index (χ4n) is 1.84. The van der Waals surface area contributed by atoms with E-state index in [1.165, 1.54) is 12.8 Å². The molecule has 0 bridgehead atoms. The van der Waals surface area contributed by atoms with Crippen LogP contribution < -0.4 is 0 Å². The fourth-order valence-corrected chi connectivity index (χ4v) is 1.84. The molecule has 118 valence electrons. The molecule has 1 aromatic rings. The predicted molar refractivity (Wildman–Crippen MR) is 79.0 cm³/mol. The topological polar surface area (TPSA) is 49.8 Å². The van der Waals surface area contributed by atoms with Gasteiger partial charge in [-0.3, -0.25) is 4.98 Å². The van der Waals surface area contributed by atoms with Crippen LogP contribution in [0.1, 0.15) is 24.2 Å². The lowest BCUT2D eigenvalue weighted by Gasteiger charge is -2.07. The molecule has 1 saturated carbocycles. The molecule has 0 aliphatic heterocycles. The van der Waals surface area contributed by atoms with Crippen molar-refractivity contribution in [3.8, 4) is 0 Å². The second-order valence-electron chi connectivity index (χ2n) is 5.24. The zero-order valence-electron chi connectivity index (χ0n) is 12.8. The predicted octanol–water partition coefficient (Wildman–Crippen LogP) is 2.19. The largest absolute Gasteiger partial charge is 0.382 e. The molecule has 0 aromatic carbocycles. The lowest BCUT2D eigenvalue weighted by atomic mass is 10.3. The van der Waals surface area contributed by atoms with Crippen molar-refractivity contribution in [3.63, 3.8) is 0 Å². The van der Waals surface area contributed by atoms with Gasteiger partial charge in [0.2, 0.25) is 0 Å². The molecule has 2 rings (SSSR count). The van der Waals surface area contributed by atoms with Crippen LogP contribution in [-0.2, 0) is 32.2 Å². The van der Waals surface area contributed by atoms with Crippen LogP contribution in [0.2, 0.25) is 0 Å². The summed E-state index contributed by atoms with van der Waals surface area (Å²) < 4.78 is 21.4. The van der Waals surface area contributed by atoms with E-state index in [-0.39, 0.29) is 0 Å². The summed E-state index contributed by atoms with van der Waals surface area (Å²) in [5.41, 5.74) is 1.90. The maximum Gasteiger partial charge on any atom is 0.0889 e. The lowest BCUT2D eigenvalue weighted by molar-refractivity contribution is 0.0191. The average Bonchev–Trinajstić information content (AvgIpc) is 3.31. The smallest absolute Gasteiger partial charge is 0.0889 e. The summed E-state index contributed by atoms with van der Waals surface area (Å²) >= 11 is 0. The molecular weight excluding hydrogens is 270 g/mol. The first-order valence-electron chi connectivity index (χ1n) is 7.55. The van der Waals surface area contributed by atoms with Crippen molar-refractivity contribution < 1.29 is 18.9 Å². The van der Waals surface area contributed by atoms with E-state index >= 15 is 0 Å². The van der Waals surface area contributed by atoms with Crippen molar-refractivity contribution in [3.05, 3.63) is 29.6 Å². The van der Waals surface area contributed by atoms with Gasteiger partial charge in [-0.1, -0.05) is 6.07 Å². The van der Waals surface area contributed by atoms with Gasteiger partial charge in [0.05, 0.1) is 51.0 Å². The summed E-state index contributed by atoms with van der Waals surface area (Å²) in [7, 11) is 1.66. The van der Waals surface area contributed by atoms with Crippen LogP contribution in [0.5, 0.6) is 0 Å². The second kappa shape index (κ2) is 9.84. The van der Waals surface area contributed by atoms with Gasteiger partial charge in [-0.2, -0.15) is 0 Å². The Morgan fingerprint density at radius 2 is 1.62 bits per heavy atom. The molecule has 1 aromatic heterocycles. The van der Waals surface area contributed by atoms with Gasteiger partial charge >= 0.3 is 0 Å². The van der Waals surface area contributed by atoms with Crippen LogP contribution >= 0.6 is 0 Å². The minimum absolute atomic E-state index is 0.504. The first-order valence-corrected chi connectivity index (χ1v) is 7.55. The van der Waals surface area contributed by atoms with Crippen LogP contribution in [-0.4, -0.2) is 45.1 Å². The number of methoxy groups -OCH3 is 1. The van der Waals surface area contributed by atoms with Crippen molar-refractivity contribution in [1.82, 2.24) is 4.98 Å². The van der Waals surface area contributed by atoms with Gasteiger partial charge in [-0.05, 0) is 30.9 Å². The quantitative estimate of drug-likeness (QED) is 0.553. The number of rotatable bonds is 12. The van der Waals surface area contributed by atoms with E-state index in [9.17, 15) is 0 Å². The zero-order chi connectivity index (χ0) is 14.8. The van der Waals surface area contributed by atoms with Crippen LogP contribution in [0.15, 0.2) is 18.2 Å². The standard InChI is InChI=1S/C16H25NO4/c1-18-7-8-19-9-10-20-12-15-3-2-4-16(17-15)13-21-11-14-5-6-14/h2-4,14H,5-13H2,1H3. The highest BCUT2D eigenvalue weighted by Gasteiger charge is 2.21. The van der Waals surface area contributed by atoms with Crippen LogP contribution in [0.4, 0.5) is 0 Å². The normalized spacial score (nSPS) is 14.5. The molecule has 1 fully saturated rings. The summed E-state index contributed by atoms with van der Waals surface area (Å²) in [6.07, 6.45) is 2.63. The van der Waals surface area contributed by atoms with E-state index in [1.807, 2.05) is 18.2 Å². The maximum absolute atomic E-state index is 5.64. The number of pyridine rings is 1. The summed E-state index contributed by atoms with van der Waals surface area (Å²) in [5.74, 6) is 0.787. The Kier molecular flexibility index (Phi) is 7.67. The first kappa shape index (κ1) is 16.4. The number of hydrogen-bond donors (Lipinski definition) is 0. The number of ether oxygens (including phenoxy) is 4. The molecule has 0 atom stereocenters. The number of hydrogen-bond acceptors (Lipinski definition) is 5. The Hall–Kier alpha value is -1.01. The molecule has 1 aliphatic rings. The van der Waals surface area contributed by atoms with Gasteiger partial charge in [-0.25, -0.2) is 0 Å². The molecule has 0 spiro atoms. The third kappa shape index (κ3) is 7.52. The zero-order valence-corrected chi connectivity index (χ0v) is 12.8. The van der Waals surface area contributed by atoms with Gasteiger partial charge in [0.1, 0.15) is 0 Å². The number of nitrogens with zero attached hydrogens (tertiary/aromatic N) is 1. The monoisotopic (exact) mass is 295 g/mol. The van der Waals surface area contributed by atoms with Crippen molar-refractivity contribution >= 4 is 0 Å². The maximum atomic E-state index is 5.64. The summed E-state index contributed by atoms with van der Waals surface area (Å²) in [6.45, 7) is 4.31. The van der Waals surface area contributed by atoms with Gasteiger partial charge < -0.3 is 18.9 Å². The molecule has 21 heavy (non-hydrogen) atoms. The molecule has 5 nitrogen and oxygen atoms in total. The molecule has 1 aliphatic carbocycles. The molecule has 0 saturated heterocycles. The molecule has 5 heteroatoms. The summed E-state index contributed by atoms with van der Waals surface area (Å²) in [6, 6.07) is 5.96. The molecule has 0 radical (unpaired) electrons. The van der Waals surface area contributed by atoms with E-state index in [0.717, 1.165) is 23.9 Å². The molecular formula is C16H25NO4. The van der Waals surface area contributed by atoms with Crippen molar-refractivity contribution in [2.75, 3.05) is 40.1 Å².